The number of aromatic hydroxyl groups is 1. The molecule has 172 valence electrons. The van der Waals surface area contributed by atoms with Crippen LogP contribution in [0.3, 0.4) is 0 Å². The van der Waals surface area contributed by atoms with Gasteiger partial charge in [0.2, 0.25) is 0 Å². The number of ether oxygens (including phenoxy) is 2. The molecule has 0 unspecified atom stereocenters. The SMILES string of the molecule is COc1ccc(OC)c(-c2ccc(O)c(CN3CCN(C/C=C/c4ccccc4)CC3)c2)c1. The minimum absolute atomic E-state index is 0.328. The molecule has 3 aromatic carbocycles. The second-order valence-corrected chi connectivity index (χ2v) is 8.30. The van der Waals surface area contributed by atoms with Crippen molar-refractivity contribution < 1.29 is 14.6 Å². The molecule has 5 heteroatoms. The predicted molar refractivity (Wildman–Crippen MR) is 134 cm³/mol. The second-order valence-electron chi connectivity index (χ2n) is 8.30. The van der Waals surface area contributed by atoms with Crippen molar-refractivity contribution in [2.24, 2.45) is 0 Å². The minimum atomic E-state index is 0.328. The number of rotatable bonds is 8. The van der Waals surface area contributed by atoms with Crippen molar-refractivity contribution in [3.8, 4) is 28.4 Å². The first-order valence-corrected chi connectivity index (χ1v) is 11.4. The highest BCUT2D eigenvalue weighted by Gasteiger charge is 2.18. The molecule has 0 amide bonds. The molecule has 0 spiro atoms. The zero-order chi connectivity index (χ0) is 23.0. The summed E-state index contributed by atoms with van der Waals surface area (Å²) in [6, 6.07) is 21.9. The molecule has 0 bridgehead atoms. The molecule has 0 saturated carbocycles. The first-order chi connectivity index (χ1) is 16.2. The van der Waals surface area contributed by atoms with Crippen molar-refractivity contribution in [1.29, 1.82) is 0 Å². The summed E-state index contributed by atoms with van der Waals surface area (Å²) in [5, 5.41) is 10.5. The molecular formula is C28H32N2O3. The van der Waals surface area contributed by atoms with E-state index in [0.29, 0.717) is 5.75 Å². The van der Waals surface area contributed by atoms with Crippen molar-refractivity contribution in [3.05, 3.63) is 83.9 Å². The molecule has 3 aromatic rings. The van der Waals surface area contributed by atoms with Gasteiger partial charge in [-0.2, -0.15) is 0 Å². The fourth-order valence-electron chi connectivity index (χ4n) is 4.19. The van der Waals surface area contributed by atoms with Gasteiger partial charge < -0.3 is 14.6 Å². The van der Waals surface area contributed by atoms with Crippen LogP contribution in [0, 0.1) is 0 Å². The molecule has 33 heavy (non-hydrogen) atoms. The lowest BCUT2D eigenvalue weighted by atomic mass is 10.0. The quantitative estimate of drug-likeness (QED) is 0.535. The van der Waals surface area contributed by atoms with Crippen LogP contribution in [0.5, 0.6) is 17.2 Å². The van der Waals surface area contributed by atoms with Crippen molar-refractivity contribution in [2.75, 3.05) is 46.9 Å². The lowest BCUT2D eigenvalue weighted by Gasteiger charge is -2.34. The lowest BCUT2D eigenvalue weighted by Crippen LogP contribution is -2.45. The first kappa shape index (κ1) is 22.9. The average molecular weight is 445 g/mol. The zero-order valence-corrected chi connectivity index (χ0v) is 19.4. The molecule has 1 aliphatic rings. The second kappa shape index (κ2) is 11.0. The Kier molecular flexibility index (Phi) is 7.66. The maximum Gasteiger partial charge on any atom is 0.126 e. The molecule has 1 N–H and O–H groups in total. The number of nitrogens with zero attached hydrogens (tertiary/aromatic N) is 2. The third-order valence-electron chi connectivity index (χ3n) is 6.13. The smallest absolute Gasteiger partial charge is 0.126 e. The van der Waals surface area contributed by atoms with E-state index in [-0.39, 0.29) is 0 Å². The standard InChI is InChI=1S/C28H32N2O3/c1-32-25-11-13-28(33-2)26(20-25)23-10-12-27(31)24(19-23)21-30-17-15-29(16-18-30)14-6-9-22-7-4-3-5-8-22/h3-13,19-20,31H,14-18,21H2,1-2H3/b9-6+. The maximum absolute atomic E-state index is 10.5. The van der Waals surface area contributed by atoms with Crippen LogP contribution in [0.2, 0.25) is 0 Å². The molecule has 1 saturated heterocycles. The van der Waals surface area contributed by atoms with E-state index in [2.05, 4.69) is 52.3 Å². The van der Waals surface area contributed by atoms with Crippen LogP contribution in [0.1, 0.15) is 11.1 Å². The van der Waals surface area contributed by atoms with Gasteiger partial charge in [0.1, 0.15) is 17.2 Å². The van der Waals surface area contributed by atoms with Gasteiger partial charge in [-0.1, -0.05) is 48.6 Å². The van der Waals surface area contributed by atoms with Crippen LogP contribution in [0.25, 0.3) is 17.2 Å². The molecule has 1 heterocycles. The molecule has 0 atom stereocenters. The van der Waals surface area contributed by atoms with Gasteiger partial charge >= 0.3 is 0 Å². The van der Waals surface area contributed by atoms with Crippen molar-refractivity contribution in [1.82, 2.24) is 9.80 Å². The Bertz CT molecular complexity index is 1070. The summed E-state index contributed by atoms with van der Waals surface area (Å²) in [5.41, 5.74) is 4.12. The Morgan fingerprint density at radius 2 is 1.61 bits per heavy atom. The molecule has 0 radical (unpaired) electrons. The topological polar surface area (TPSA) is 45.2 Å². The van der Waals surface area contributed by atoms with Gasteiger partial charge in [-0.25, -0.2) is 0 Å². The van der Waals surface area contributed by atoms with Crippen LogP contribution < -0.4 is 9.47 Å². The van der Waals surface area contributed by atoms with E-state index in [1.165, 1.54) is 5.56 Å². The van der Waals surface area contributed by atoms with Crippen molar-refractivity contribution >= 4 is 6.08 Å². The highest BCUT2D eigenvalue weighted by Crippen LogP contribution is 2.35. The van der Waals surface area contributed by atoms with Crippen molar-refractivity contribution in [2.45, 2.75) is 6.54 Å². The van der Waals surface area contributed by atoms with E-state index in [1.54, 1.807) is 20.3 Å². The molecule has 1 aliphatic heterocycles. The fourth-order valence-corrected chi connectivity index (χ4v) is 4.19. The summed E-state index contributed by atoms with van der Waals surface area (Å²) in [5.74, 6) is 1.89. The van der Waals surface area contributed by atoms with Gasteiger partial charge in [0, 0.05) is 50.4 Å². The minimum Gasteiger partial charge on any atom is -0.508 e. The van der Waals surface area contributed by atoms with E-state index >= 15 is 0 Å². The van der Waals surface area contributed by atoms with Gasteiger partial charge in [-0.05, 0) is 41.5 Å². The number of phenols is 1. The molecule has 0 aliphatic carbocycles. The number of piperazine rings is 1. The van der Waals surface area contributed by atoms with Gasteiger partial charge in [0.15, 0.2) is 0 Å². The number of hydrogen-bond donors (Lipinski definition) is 1. The molecule has 0 aromatic heterocycles. The van der Waals surface area contributed by atoms with E-state index in [9.17, 15) is 5.11 Å². The maximum atomic E-state index is 10.5. The summed E-state index contributed by atoms with van der Waals surface area (Å²) in [6.45, 7) is 5.67. The molecular weight excluding hydrogens is 412 g/mol. The normalized spacial score (nSPS) is 15.1. The van der Waals surface area contributed by atoms with E-state index in [4.69, 9.17) is 9.47 Å². The van der Waals surface area contributed by atoms with E-state index in [0.717, 1.165) is 67.5 Å². The molecule has 5 nitrogen and oxygen atoms in total. The summed E-state index contributed by atoms with van der Waals surface area (Å²) >= 11 is 0. The number of methoxy groups -OCH3 is 2. The van der Waals surface area contributed by atoms with Crippen LogP contribution in [-0.2, 0) is 6.54 Å². The number of benzene rings is 3. The number of hydrogen-bond acceptors (Lipinski definition) is 5. The van der Waals surface area contributed by atoms with Crippen LogP contribution in [-0.4, -0.2) is 61.8 Å². The zero-order valence-electron chi connectivity index (χ0n) is 19.4. The van der Waals surface area contributed by atoms with E-state index < -0.39 is 0 Å². The highest BCUT2D eigenvalue weighted by molar-refractivity contribution is 5.73. The summed E-state index contributed by atoms with van der Waals surface area (Å²) in [4.78, 5) is 4.87. The van der Waals surface area contributed by atoms with Crippen LogP contribution in [0.4, 0.5) is 0 Å². The van der Waals surface area contributed by atoms with E-state index in [1.807, 2.05) is 30.3 Å². The number of phenolic OH excluding ortho intramolecular Hbond substituents is 1. The van der Waals surface area contributed by atoms with Gasteiger partial charge in [-0.3, -0.25) is 9.80 Å². The van der Waals surface area contributed by atoms with Gasteiger partial charge in [0.25, 0.3) is 0 Å². The fraction of sp³-hybridized carbons (Fsp3) is 0.286. The summed E-state index contributed by atoms with van der Waals surface area (Å²) < 4.78 is 10.9. The Hall–Kier alpha value is -3.28. The predicted octanol–water partition coefficient (Wildman–Crippen LogP) is 4.91. The average Bonchev–Trinajstić information content (AvgIpc) is 2.86. The Morgan fingerprint density at radius 1 is 0.848 bits per heavy atom. The van der Waals surface area contributed by atoms with Crippen LogP contribution >= 0.6 is 0 Å². The van der Waals surface area contributed by atoms with Gasteiger partial charge in [0.05, 0.1) is 14.2 Å². The lowest BCUT2D eigenvalue weighted by molar-refractivity contribution is 0.136. The Morgan fingerprint density at radius 3 is 2.33 bits per heavy atom. The molecule has 1 fully saturated rings. The largest absolute Gasteiger partial charge is 0.508 e. The van der Waals surface area contributed by atoms with Crippen LogP contribution in [0.15, 0.2) is 72.8 Å². The molecule has 4 rings (SSSR count). The summed E-state index contributed by atoms with van der Waals surface area (Å²) in [6.07, 6.45) is 4.42. The Balaban J connectivity index is 1.38. The van der Waals surface area contributed by atoms with Crippen molar-refractivity contribution in [3.63, 3.8) is 0 Å². The third-order valence-corrected chi connectivity index (χ3v) is 6.13. The summed E-state index contributed by atoms with van der Waals surface area (Å²) in [7, 11) is 3.33. The van der Waals surface area contributed by atoms with Gasteiger partial charge in [-0.15, -0.1) is 0 Å². The third kappa shape index (κ3) is 5.95. The Labute approximate surface area is 196 Å². The monoisotopic (exact) mass is 444 g/mol. The first-order valence-electron chi connectivity index (χ1n) is 11.4. The highest BCUT2D eigenvalue weighted by atomic mass is 16.5.